The second-order valence-corrected chi connectivity index (χ2v) is 3.64. The molecule has 0 bridgehead atoms. The lowest BCUT2D eigenvalue weighted by Gasteiger charge is -1.99. The number of hydrogen-bond acceptors (Lipinski definition) is 5. The summed E-state index contributed by atoms with van der Waals surface area (Å²) in [6.45, 7) is 0. The number of benzene rings is 1. The van der Waals surface area contributed by atoms with Crippen molar-refractivity contribution in [3.63, 3.8) is 0 Å². The lowest BCUT2D eigenvalue weighted by Crippen LogP contribution is -2.06. The molecular weight excluding hydrogens is 202 g/mol. The highest BCUT2D eigenvalue weighted by Crippen LogP contribution is 2.25. The first-order chi connectivity index (χ1) is 7.92. The zero-order chi connectivity index (χ0) is 10.5. The Bertz CT molecular complexity index is 799. The van der Waals surface area contributed by atoms with Gasteiger partial charge in [0.2, 0.25) is 5.49 Å². The maximum atomic E-state index is 4.39. The Labute approximate surface area is 89.6 Å². The molecular formula is C11H5N5. The van der Waals surface area contributed by atoms with Crippen LogP contribution in [0.25, 0.3) is 17.0 Å². The van der Waals surface area contributed by atoms with Gasteiger partial charge in [0.25, 0.3) is 0 Å². The van der Waals surface area contributed by atoms with E-state index in [1.807, 2.05) is 24.3 Å². The zero-order valence-corrected chi connectivity index (χ0v) is 8.12. The zero-order valence-electron chi connectivity index (χ0n) is 8.12. The van der Waals surface area contributed by atoms with E-state index in [-0.39, 0.29) is 0 Å². The van der Waals surface area contributed by atoms with Crippen LogP contribution < -0.4 is 10.7 Å². The normalized spacial score (nSPS) is 14.8. The first kappa shape index (κ1) is 7.81. The fraction of sp³-hybridized carbons (Fsp3) is 0. The molecule has 2 aromatic rings. The molecule has 1 aromatic carbocycles. The molecule has 16 heavy (non-hydrogen) atoms. The van der Waals surface area contributed by atoms with Gasteiger partial charge in [-0.1, -0.05) is 6.07 Å². The molecule has 0 aliphatic carbocycles. The van der Waals surface area contributed by atoms with Crippen LogP contribution in [0.5, 0.6) is 0 Å². The second kappa shape index (κ2) is 2.57. The van der Waals surface area contributed by atoms with Crippen molar-refractivity contribution in [2.24, 2.45) is 20.4 Å². The molecule has 2 aliphatic heterocycles. The third kappa shape index (κ3) is 0.869. The summed E-state index contributed by atoms with van der Waals surface area (Å²) in [6, 6.07) is 5.91. The molecule has 0 atom stereocenters. The average molecular weight is 207 g/mol. The quantitative estimate of drug-likeness (QED) is 0.643. The minimum atomic E-state index is 0.582. The van der Waals surface area contributed by atoms with E-state index in [0.717, 1.165) is 21.8 Å². The van der Waals surface area contributed by atoms with Crippen LogP contribution in [0.3, 0.4) is 0 Å². The Morgan fingerprint density at radius 3 is 3.12 bits per heavy atom. The molecule has 0 saturated carbocycles. The van der Waals surface area contributed by atoms with Crippen LogP contribution in [-0.2, 0) is 0 Å². The number of fused-ring (bicyclic) bond motifs is 4. The highest BCUT2D eigenvalue weighted by Gasteiger charge is 2.10. The number of aliphatic imine (C=N–C) groups is 1. The molecule has 0 spiro atoms. The van der Waals surface area contributed by atoms with Gasteiger partial charge in [-0.25, -0.2) is 4.98 Å². The average Bonchev–Trinajstić information content (AvgIpc) is 2.94. The number of rotatable bonds is 0. The third-order valence-electron chi connectivity index (χ3n) is 2.71. The largest absolute Gasteiger partial charge is 0.256 e. The molecule has 5 heteroatoms. The highest BCUT2D eigenvalue weighted by molar-refractivity contribution is 6.03. The van der Waals surface area contributed by atoms with Gasteiger partial charge in [-0.05, 0) is 23.4 Å². The van der Waals surface area contributed by atoms with E-state index in [1.54, 1.807) is 6.21 Å². The molecule has 0 unspecified atom stereocenters. The van der Waals surface area contributed by atoms with Crippen LogP contribution in [0.4, 0.5) is 11.4 Å². The second-order valence-electron chi connectivity index (χ2n) is 3.64. The first-order valence-corrected chi connectivity index (χ1v) is 4.89. The van der Waals surface area contributed by atoms with Crippen LogP contribution in [0.15, 0.2) is 38.6 Å². The number of hydrogen-bond donors (Lipinski definition) is 0. The summed E-state index contributed by atoms with van der Waals surface area (Å²) < 4.78 is 0. The highest BCUT2D eigenvalue weighted by atomic mass is 15.4. The van der Waals surface area contributed by atoms with Crippen molar-refractivity contribution in [1.82, 2.24) is 4.98 Å². The summed E-state index contributed by atoms with van der Waals surface area (Å²) in [4.78, 5) is 8.72. The molecule has 1 aromatic heterocycles. The Hall–Kier alpha value is -2.43. The molecule has 4 rings (SSSR count). The fourth-order valence-corrected chi connectivity index (χ4v) is 1.96. The van der Waals surface area contributed by atoms with Crippen molar-refractivity contribution in [3.05, 3.63) is 28.9 Å². The van der Waals surface area contributed by atoms with Crippen molar-refractivity contribution in [3.8, 4) is 0 Å². The Balaban J connectivity index is 2.26. The Kier molecular flexibility index (Phi) is 1.26. The van der Waals surface area contributed by atoms with E-state index in [0.29, 0.717) is 11.2 Å². The van der Waals surface area contributed by atoms with E-state index in [4.69, 9.17) is 0 Å². The van der Waals surface area contributed by atoms with Gasteiger partial charge < -0.3 is 0 Å². The minimum absolute atomic E-state index is 0.582. The lowest BCUT2D eigenvalue weighted by molar-refractivity contribution is 1.06. The first-order valence-electron chi connectivity index (χ1n) is 4.89. The Morgan fingerprint density at radius 1 is 1.12 bits per heavy atom. The van der Waals surface area contributed by atoms with Gasteiger partial charge in [0.15, 0.2) is 0 Å². The Morgan fingerprint density at radius 2 is 2.12 bits per heavy atom. The fourth-order valence-electron chi connectivity index (χ4n) is 1.96. The topological polar surface area (TPSA) is 62.3 Å². The maximum absolute atomic E-state index is 4.39. The van der Waals surface area contributed by atoms with Gasteiger partial charge in [0, 0.05) is 16.8 Å². The molecule has 0 saturated heterocycles. The predicted octanol–water partition coefficient (Wildman–Crippen LogP) is 1.36. The van der Waals surface area contributed by atoms with Crippen molar-refractivity contribution >= 4 is 34.6 Å². The van der Waals surface area contributed by atoms with Gasteiger partial charge in [-0.3, -0.25) is 4.99 Å². The third-order valence-corrected chi connectivity index (χ3v) is 2.71. The molecule has 0 radical (unpaired) electrons. The van der Waals surface area contributed by atoms with Crippen molar-refractivity contribution in [2.75, 3.05) is 0 Å². The van der Waals surface area contributed by atoms with Gasteiger partial charge >= 0.3 is 0 Å². The maximum Gasteiger partial charge on any atom is 0.204 e. The summed E-state index contributed by atoms with van der Waals surface area (Å²) >= 11 is 0. The van der Waals surface area contributed by atoms with Crippen LogP contribution in [0.1, 0.15) is 0 Å². The van der Waals surface area contributed by atoms with Crippen LogP contribution in [0.2, 0.25) is 0 Å². The minimum Gasteiger partial charge on any atom is -0.256 e. The lowest BCUT2D eigenvalue weighted by atomic mass is 10.1. The van der Waals surface area contributed by atoms with Gasteiger partial charge in [-0.2, -0.15) is 0 Å². The molecule has 3 heterocycles. The number of pyridine rings is 1. The number of aromatic nitrogens is 1. The van der Waals surface area contributed by atoms with Gasteiger partial charge in [0.05, 0.1) is 11.2 Å². The van der Waals surface area contributed by atoms with Crippen LogP contribution in [0, 0.1) is 0 Å². The van der Waals surface area contributed by atoms with E-state index in [1.165, 1.54) is 0 Å². The van der Waals surface area contributed by atoms with Gasteiger partial charge in [-0.15, -0.1) is 10.2 Å². The molecule has 0 fully saturated rings. The summed E-state index contributed by atoms with van der Waals surface area (Å²) in [5, 5.41) is 13.5. The van der Waals surface area contributed by atoms with Gasteiger partial charge in [0.1, 0.15) is 5.69 Å². The summed E-state index contributed by atoms with van der Waals surface area (Å²) in [6.07, 6.45) is 3.77. The monoisotopic (exact) mass is 207 g/mol. The number of nitrogens with zero attached hydrogens (tertiary/aromatic N) is 5. The summed E-state index contributed by atoms with van der Waals surface area (Å²) in [7, 11) is 0. The standard InChI is InChI=1S/C11H5N5/c1-2-8-7(10-6(1)3-4-12-10)5-9-11(13-8)15-16-14-9/h1-5H. The molecule has 2 aliphatic rings. The van der Waals surface area contributed by atoms with E-state index in [9.17, 15) is 0 Å². The van der Waals surface area contributed by atoms with E-state index < -0.39 is 0 Å². The SMILES string of the molecule is C1=Nc2c(ccc3nc4c(cc23)N=NN=4)=C1. The molecule has 0 N–H and O–H groups in total. The molecule has 5 nitrogen and oxygen atoms in total. The van der Waals surface area contributed by atoms with Crippen LogP contribution in [-0.4, -0.2) is 11.2 Å². The smallest absolute Gasteiger partial charge is 0.204 e. The molecule has 0 amide bonds. The van der Waals surface area contributed by atoms with Crippen molar-refractivity contribution < 1.29 is 0 Å². The predicted molar refractivity (Wildman–Crippen MR) is 59.7 cm³/mol. The molecule has 74 valence electrons. The van der Waals surface area contributed by atoms with Crippen molar-refractivity contribution in [1.29, 1.82) is 0 Å². The van der Waals surface area contributed by atoms with E-state index in [2.05, 4.69) is 25.4 Å². The van der Waals surface area contributed by atoms with Crippen LogP contribution >= 0.6 is 0 Å². The van der Waals surface area contributed by atoms with E-state index >= 15 is 0 Å². The van der Waals surface area contributed by atoms with Crippen molar-refractivity contribution in [2.45, 2.75) is 0 Å². The summed E-state index contributed by atoms with van der Waals surface area (Å²) in [5.74, 6) is 0. The summed E-state index contributed by atoms with van der Waals surface area (Å²) in [5.41, 5.74) is 3.12.